The zero-order chi connectivity index (χ0) is 23.4. The third-order valence-electron chi connectivity index (χ3n) is 6.81. The molecule has 178 valence electrons. The molecule has 2 fully saturated rings. The first-order chi connectivity index (χ1) is 16.0. The maximum absolute atomic E-state index is 13.9. The molecule has 2 atom stereocenters. The van der Waals surface area contributed by atoms with Crippen molar-refractivity contribution in [3.63, 3.8) is 0 Å². The van der Waals surface area contributed by atoms with Gasteiger partial charge in [-0.15, -0.1) is 0 Å². The molecule has 1 saturated heterocycles. The lowest BCUT2D eigenvalue weighted by atomic mass is 9.80. The van der Waals surface area contributed by atoms with Crippen LogP contribution in [0.15, 0.2) is 41.3 Å². The van der Waals surface area contributed by atoms with Gasteiger partial charge in [-0.3, -0.25) is 9.59 Å². The van der Waals surface area contributed by atoms with Crippen molar-refractivity contribution in [2.75, 3.05) is 26.8 Å². The van der Waals surface area contributed by atoms with Gasteiger partial charge in [-0.1, -0.05) is 17.7 Å². The lowest BCUT2D eigenvalue weighted by molar-refractivity contribution is -0.138. The summed E-state index contributed by atoms with van der Waals surface area (Å²) in [6.07, 6.45) is 6.58. The van der Waals surface area contributed by atoms with Crippen molar-refractivity contribution in [1.82, 2.24) is 14.8 Å². The molecule has 4 rings (SSSR count). The summed E-state index contributed by atoms with van der Waals surface area (Å²) in [7, 11) is 3.46. The van der Waals surface area contributed by atoms with Crippen LogP contribution in [0, 0.1) is 5.92 Å². The Hall–Kier alpha value is -2.15. The quantitative estimate of drug-likeness (QED) is 0.568. The number of amides is 1. The van der Waals surface area contributed by atoms with E-state index in [9.17, 15) is 9.59 Å². The fraction of sp³-hybridized carbons (Fsp3) is 0.538. The summed E-state index contributed by atoms with van der Waals surface area (Å²) in [5, 5.41) is 4.11. The number of benzene rings is 1. The van der Waals surface area contributed by atoms with Gasteiger partial charge in [0, 0.05) is 57.2 Å². The standard InChI is InChI=1S/C26H34ClN3O3/c1-29-10-8-20(15-25(29)31)23-7-9-28-16-24(23)26(32)30(22-5-6-22)17-19-12-18(4-3-11-33-2)13-21(27)14-19/h8,10,12-15,22-24,28H,3-7,9,11,16-17H2,1-2H3/t23?,24-/m0/s1. The molecule has 1 aromatic carbocycles. The fourth-order valence-electron chi connectivity index (χ4n) is 4.87. The van der Waals surface area contributed by atoms with Crippen LogP contribution >= 0.6 is 11.6 Å². The van der Waals surface area contributed by atoms with Gasteiger partial charge in [0.1, 0.15) is 0 Å². The van der Waals surface area contributed by atoms with Gasteiger partial charge in [0.2, 0.25) is 5.91 Å². The number of carbonyl (C=O) groups excluding carboxylic acids is 1. The molecule has 0 spiro atoms. The number of ether oxygens (including phenoxy) is 1. The van der Waals surface area contributed by atoms with E-state index in [4.69, 9.17) is 16.3 Å². The Bertz CT molecular complexity index is 1030. The summed E-state index contributed by atoms with van der Waals surface area (Å²) in [4.78, 5) is 28.1. The minimum absolute atomic E-state index is 0.0313. The maximum Gasteiger partial charge on any atom is 0.250 e. The molecule has 1 aliphatic heterocycles. The lowest BCUT2D eigenvalue weighted by Gasteiger charge is -2.35. The molecule has 1 unspecified atom stereocenters. The minimum atomic E-state index is -0.174. The van der Waals surface area contributed by atoms with Crippen LogP contribution in [-0.4, -0.2) is 48.2 Å². The van der Waals surface area contributed by atoms with E-state index in [1.54, 1.807) is 31.0 Å². The summed E-state index contributed by atoms with van der Waals surface area (Å²) in [5.74, 6) is 0.0564. The fourth-order valence-corrected chi connectivity index (χ4v) is 5.15. The summed E-state index contributed by atoms with van der Waals surface area (Å²) >= 11 is 6.42. The molecule has 1 N–H and O–H groups in total. The van der Waals surface area contributed by atoms with Crippen LogP contribution in [0.5, 0.6) is 0 Å². The van der Waals surface area contributed by atoms with Gasteiger partial charge in [-0.05, 0) is 79.5 Å². The zero-order valence-electron chi connectivity index (χ0n) is 19.6. The molecule has 33 heavy (non-hydrogen) atoms. The Balaban J connectivity index is 1.54. The van der Waals surface area contributed by atoms with Gasteiger partial charge < -0.3 is 19.5 Å². The van der Waals surface area contributed by atoms with Crippen molar-refractivity contribution in [2.24, 2.45) is 13.0 Å². The second kappa shape index (κ2) is 10.9. The lowest BCUT2D eigenvalue weighted by Crippen LogP contribution is -2.47. The number of piperidine rings is 1. The van der Waals surface area contributed by atoms with E-state index >= 15 is 0 Å². The summed E-state index contributed by atoms with van der Waals surface area (Å²) in [6, 6.07) is 10.1. The minimum Gasteiger partial charge on any atom is -0.385 e. The van der Waals surface area contributed by atoms with Crippen LogP contribution in [-0.2, 0) is 29.5 Å². The Morgan fingerprint density at radius 2 is 2.00 bits per heavy atom. The average molecular weight is 472 g/mol. The summed E-state index contributed by atoms with van der Waals surface area (Å²) in [5.41, 5.74) is 3.19. The highest BCUT2D eigenvalue weighted by Crippen LogP contribution is 2.36. The molecule has 2 aromatic rings. The largest absolute Gasteiger partial charge is 0.385 e. The Kier molecular flexibility index (Phi) is 7.89. The van der Waals surface area contributed by atoms with E-state index in [0.717, 1.165) is 49.8 Å². The Labute approximate surface area is 200 Å². The molecule has 1 aliphatic carbocycles. The first kappa shape index (κ1) is 24.0. The number of aromatic nitrogens is 1. The highest BCUT2D eigenvalue weighted by atomic mass is 35.5. The predicted octanol–water partition coefficient (Wildman–Crippen LogP) is 3.50. The summed E-state index contributed by atoms with van der Waals surface area (Å²) < 4.78 is 6.75. The van der Waals surface area contributed by atoms with Crippen LogP contribution < -0.4 is 10.9 Å². The van der Waals surface area contributed by atoms with Gasteiger partial charge in [0.05, 0.1) is 5.92 Å². The third-order valence-corrected chi connectivity index (χ3v) is 7.03. The maximum atomic E-state index is 13.9. The number of methoxy groups -OCH3 is 1. The van der Waals surface area contributed by atoms with Crippen molar-refractivity contribution in [1.29, 1.82) is 0 Å². The molecule has 2 heterocycles. The number of carbonyl (C=O) groups is 1. The van der Waals surface area contributed by atoms with Crippen molar-refractivity contribution in [2.45, 2.75) is 50.6 Å². The van der Waals surface area contributed by atoms with Crippen molar-refractivity contribution in [3.8, 4) is 0 Å². The predicted molar refractivity (Wildman–Crippen MR) is 131 cm³/mol. The van der Waals surface area contributed by atoms with Gasteiger partial charge in [-0.25, -0.2) is 0 Å². The SMILES string of the molecule is COCCCc1cc(Cl)cc(CN(C(=O)[C@H]2CNCCC2c2ccn(C)c(=O)c2)C2CC2)c1. The van der Waals surface area contributed by atoms with E-state index in [0.29, 0.717) is 30.8 Å². The average Bonchev–Trinajstić information content (AvgIpc) is 3.64. The van der Waals surface area contributed by atoms with E-state index in [-0.39, 0.29) is 23.3 Å². The first-order valence-corrected chi connectivity index (χ1v) is 12.3. The van der Waals surface area contributed by atoms with Crippen LogP contribution in [0.3, 0.4) is 0 Å². The number of pyridine rings is 1. The monoisotopic (exact) mass is 471 g/mol. The van der Waals surface area contributed by atoms with Crippen molar-refractivity contribution in [3.05, 3.63) is 68.6 Å². The van der Waals surface area contributed by atoms with Gasteiger partial charge >= 0.3 is 0 Å². The molecule has 0 bridgehead atoms. The number of hydrogen-bond donors (Lipinski definition) is 1. The normalized spacial score (nSPS) is 20.6. The molecule has 6 nitrogen and oxygen atoms in total. The van der Waals surface area contributed by atoms with Crippen LogP contribution in [0.2, 0.25) is 5.02 Å². The number of nitrogens with zero attached hydrogens (tertiary/aromatic N) is 2. The Morgan fingerprint density at radius 3 is 2.73 bits per heavy atom. The highest BCUT2D eigenvalue weighted by Gasteiger charge is 2.40. The van der Waals surface area contributed by atoms with Crippen LogP contribution in [0.25, 0.3) is 0 Å². The first-order valence-electron chi connectivity index (χ1n) is 11.9. The van der Waals surface area contributed by atoms with E-state index < -0.39 is 0 Å². The van der Waals surface area contributed by atoms with Crippen LogP contribution in [0.4, 0.5) is 0 Å². The smallest absolute Gasteiger partial charge is 0.250 e. The molecule has 1 amide bonds. The van der Waals surface area contributed by atoms with Gasteiger partial charge in [0.15, 0.2) is 0 Å². The second-order valence-corrected chi connectivity index (χ2v) is 9.81. The van der Waals surface area contributed by atoms with Crippen molar-refractivity contribution < 1.29 is 9.53 Å². The van der Waals surface area contributed by atoms with E-state index in [2.05, 4.69) is 16.3 Å². The van der Waals surface area contributed by atoms with Gasteiger partial charge in [0.25, 0.3) is 5.56 Å². The molecular weight excluding hydrogens is 438 g/mol. The molecule has 1 saturated carbocycles. The molecule has 0 radical (unpaired) electrons. The second-order valence-electron chi connectivity index (χ2n) is 9.38. The number of rotatable bonds is 9. The van der Waals surface area contributed by atoms with E-state index in [1.807, 2.05) is 18.2 Å². The van der Waals surface area contributed by atoms with Crippen molar-refractivity contribution >= 4 is 17.5 Å². The van der Waals surface area contributed by atoms with E-state index in [1.165, 1.54) is 5.56 Å². The molecular formula is C26H34ClN3O3. The topological polar surface area (TPSA) is 63.6 Å². The number of nitrogens with one attached hydrogen (secondary N) is 1. The van der Waals surface area contributed by atoms with Crippen LogP contribution in [0.1, 0.15) is 48.3 Å². The summed E-state index contributed by atoms with van der Waals surface area (Å²) in [6.45, 7) is 2.78. The molecule has 2 aliphatic rings. The highest BCUT2D eigenvalue weighted by molar-refractivity contribution is 6.30. The third kappa shape index (κ3) is 6.05. The van der Waals surface area contributed by atoms with Gasteiger partial charge in [-0.2, -0.15) is 0 Å². The number of hydrogen-bond acceptors (Lipinski definition) is 4. The molecule has 1 aromatic heterocycles. The number of aryl methyl sites for hydroxylation is 2. The Morgan fingerprint density at radius 1 is 1.21 bits per heavy atom. The number of halogens is 1. The molecule has 7 heteroatoms. The zero-order valence-corrected chi connectivity index (χ0v) is 20.3.